The number of furan rings is 1. The molecule has 3 aromatic rings. The number of carbonyl (C=O) groups is 1. The van der Waals surface area contributed by atoms with Gasteiger partial charge in [-0.05, 0) is 38.8 Å². The molecule has 3 rings (SSSR count). The van der Waals surface area contributed by atoms with E-state index < -0.39 is 0 Å². The maximum Gasteiger partial charge on any atom is 0.287 e. The molecule has 5 heteroatoms. The number of aromatic nitrogens is 2. The fourth-order valence-electron chi connectivity index (χ4n) is 2.74. The highest BCUT2D eigenvalue weighted by atomic mass is 16.3. The first-order valence-corrected chi connectivity index (χ1v) is 7.28. The molecule has 0 bridgehead atoms. The Morgan fingerprint density at radius 1 is 1.27 bits per heavy atom. The highest BCUT2D eigenvalue weighted by Crippen LogP contribution is 2.30. The molecule has 22 heavy (non-hydrogen) atoms. The Kier molecular flexibility index (Phi) is 3.48. The fraction of sp³-hybridized carbons (Fsp3) is 0.294. The van der Waals surface area contributed by atoms with Crippen molar-refractivity contribution in [3.05, 3.63) is 52.8 Å². The largest absolute Gasteiger partial charge is 0.450 e. The van der Waals surface area contributed by atoms with Crippen molar-refractivity contribution in [1.29, 1.82) is 0 Å². The Morgan fingerprint density at radius 3 is 2.64 bits per heavy atom. The normalized spacial score (nSPS) is 12.5. The first-order valence-electron chi connectivity index (χ1n) is 7.28. The van der Waals surface area contributed by atoms with Gasteiger partial charge in [0, 0.05) is 23.3 Å². The van der Waals surface area contributed by atoms with Gasteiger partial charge >= 0.3 is 0 Å². The molecule has 0 aliphatic heterocycles. The molecule has 2 N–H and O–H groups in total. The standard InChI is InChI=1S/C17H19N3O2/c1-9-5-6-10(2)14-13(9)11(3)15(22-14)17(21)20-12(4)16-18-7-8-19-16/h5-8,12H,1-4H3,(H,18,19)(H,20,21)/t12-/m1/s1. The summed E-state index contributed by atoms with van der Waals surface area (Å²) in [6.07, 6.45) is 3.40. The van der Waals surface area contributed by atoms with Crippen LogP contribution < -0.4 is 5.32 Å². The number of carbonyl (C=O) groups excluding carboxylic acids is 1. The molecule has 0 saturated carbocycles. The number of hydrogen-bond acceptors (Lipinski definition) is 3. The SMILES string of the molecule is Cc1ccc(C)c2c(C)c(C(=O)N[C@H](C)c3ncc[nH]3)oc12. The third-order valence-corrected chi connectivity index (χ3v) is 3.97. The van der Waals surface area contributed by atoms with Crippen molar-refractivity contribution < 1.29 is 9.21 Å². The number of hydrogen-bond donors (Lipinski definition) is 2. The lowest BCUT2D eigenvalue weighted by molar-refractivity contribution is 0.0911. The van der Waals surface area contributed by atoms with E-state index in [2.05, 4.69) is 15.3 Å². The number of fused-ring (bicyclic) bond motifs is 1. The lowest BCUT2D eigenvalue weighted by Gasteiger charge is -2.10. The summed E-state index contributed by atoms with van der Waals surface area (Å²) in [4.78, 5) is 19.7. The molecular weight excluding hydrogens is 278 g/mol. The molecule has 0 spiro atoms. The minimum absolute atomic E-state index is 0.211. The lowest BCUT2D eigenvalue weighted by Crippen LogP contribution is -2.27. The van der Waals surface area contributed by atoms with Crippen molar-refractivity contribution in [2.75, 3.05) is 0 Å². The highest BCUT2D eigenvalue weighted by molar-refractivity contribution is 6.00. The number of aryl methyl sites for hydroxylation is 3. The van der Waals surface area contributed by atoms with Crippen molar-refractivity contribution in [1.82, 2.24) is 15.3 Å². The molecule has 1 atom stereocenters. The number of H-pyrrole nitrogens is 1. The van der Waals surface area contributed by atoms with E-state index in [-0.39, 0.29) is 11.9 Å². The predicted octanol–water partition coefficient (Wildman–Crippen LogP) is 3.57. The van der Waals surface area contributed by atoms with Crippen molar-refractivity contribution in [3.63, 3.8) is 0 Å². The molecule has 2 heterocycles. The highest BCUT2D eigenvalue weighted by Gasteiger charge is 2.22. The topological polar surface area (TPSA) is 70.9 Å². The number of benzene rings is 1. The second kappa shape index (κ2) is 5.33. The monoisotopic (exact) mass is 297 g/mol. The summed E-state index contributed by atoms with van der Waals surface area (Å²) in [5, 5.41) is 3.94. The molecule has 0 unspecified atom stereocenters. The number of imidazole rings is 1. The van der Waals surface area contributed by atoms with Crippen LogP contribution in [0.25, 0.3) is 11.0 Å². The van der Waals surface area contributed by atoms with Gasteiger partial charge in [-0.15, -0.1) is 0 Å². The van der Waals surface area contributed by atoms with Gasteiger partial charge in [-0.25, -0.2) is 4.98 Å². The van der Waals surface area contributed by atoms with Gasteiger partial charge in [-0.3, -0.25) is 4.79 Å². The van der Waals surface area contributed by atoms with Gasteiger partial charge in [0.25, 0.3) is 5.91 Å². The molecule has 0 saturated heterocycles. The van der Waals surface area contributed by atoms with Crippen LogP contribution in [0.2, 0.25) is 0 Å². The minimum atomic E-state index is -0.226. The smallest absolute Gasteiger partial charge is 0.287 e. The van der Waals surface area contributed by atoms with E-state index in [1.54, 1.807) is 12.4 Å². The van der Waals surface area contributed by atoms with Crippen LogP contribution in [0.3, 0.4) is 0 Å². The third kappa shape index (κ3) is 2.28. The van der Waals surface area contributed by atoms with Gasteiger partial charge in [-0.1, -0.05) is 12.1 Å². The Balaban J connectivity index is 1.96. The maximum atomic E-state index is 12.5. The van der Waals surface area contributed by atoms with E-state index >= 15 is 0 Å². The van der Waals surface area contributed by atoms with Crippen LogP contribution in [0.5, 0.6) is 0 Å². The number of aromatic amines is 1. The van der Waals surface area contributed by atoms with E-state index in [9.17, 15) is 4.79 Å². The second-order valence-corrected chi connectivity index (χ2v) is 5.63. The van der Waals surface area contributed by atoms with Crippen LogP contribution in [0, 0.1) is 20.8 Å². The first-order chi connectivity index (χ1) is 10.5. The summed E-state index contributed by atoms with van der Waals surface area (Å²) < 4.78 is 5.85. The Hall–Kier alpha value is -2.56. The van der Waals surface area contributed by atoms with Gasteiger partial charge in [0.2, 0.25) is 0 Å². The average molecular weight is 297 g/mol. The second-order valence-electron chi connectivity index (χ2n) is 5.63. The summed E-state index contributed by atoms with van der Waals surface area (Å²) in [6.45, 7) is 7.81. The molecule has 1 aromatic carbocycles. The average Bonchev–Trinajstić information content (AvgIpc) is 3.11. The summed E-state index contributed by atoms with van der Waals surface area (Å²) >= 11 is 0. The van der Waals surface area contributed by atoms with Crippen molar-refractivity contribution in [2.45, 2.75) is 33.7 Å². The molecule has 0 aliphatic rings. The minimum Gasteiger partial charge on any atom is -0.450 e. The zero-order valence-corrected chi connectivity index (χ0v) is 13.2. The zero-order chi connectivity index (χ0) is 15.9. The van der Waals surface area contributed by atoms with E-state index in [1.807, 2.05) is 39.8 Å². The van der Waals surface area contributed by atoms with Crippen LogP contribution >= 0.6 is 0 Å². The third-order valence-electron chi connectivity index (χ3n) is 3.97. The summed E-state index contributed by atoms with van der Waals surface area (Å²) in [7, 11) is 0. The quantitative estimate of drug-likeness (QED) is 0.776. The summed E-state index contributed by atoms with van der Waals surface area (Å²) in [5.41, 5.74) is 3.80. The lowest BCUT2D eigenvalue weighted by atomic mass is 10.0. The van der Waals surface area contributed by atoms with Crippen molar-refractivity contribution in [3.8, 4) is 0 Å². The fourth-order valence-corrected chi connectivity index (χ4v) is 2.74. The van der Waals surface area contributed by atoms with Crippen molar-refractivity contribution >= 4 is 16.9 Å². The number of amides is 1. The molecule has 0 aliphatic carbocycles. The van der Waals surface area contributed by atoms with Crippen LogP contribution in [0.4, 0.5) is 0 Å². The molecule has 1 amide bonds. The molecule has 2 aromatic heterocycles. The Morgan fingerprint density at radius 2 is 2.00 bits per heavy atom. The van der Waals surface area contributed by atoms with Gasteiger partial charge in [0.05, 0.1) is 6.04 Å². The first kappa shape index (κ1) is 14.4. The number of nitrogens with one attached hydrogen (secondary N) is 2. The Bertz CT molecular complexity index is 831. The van der Waals surface area contributed by atoms with E-state index in [0.29, 0.717) is 5.76 Å². The van der Waals surface area contributed by atoms with Gasteiger partial charge in [-0.2, -0.15) is 0 Å². The maximum absolute atomic E-state index is 12.5. The molecule has 0 radical (unpaired) electrons. The van der Waals surface area contributed by atoms with Gasteiger partial charge in [0.1, 0.15) is 11.4 Å². The van der Waals surface area contributed by atoms with Crippen LogP contribution in [0.1, 0.15) is 46.0 Å². The molecule has 5 nitrogen and oxygen atoms in total. The van der Waals surface area contributed by atoms with E-state index in [1.165, 1.54) is 0 Å². The van der Waals surface area contributed by atoms with Crippen molar-refractivity contribution in [2.24, 2.45) is 0 Å². The molecule has 0 fully saturated rings. The molecular formula is C17H19N3O2. The van der Waals surface area contributed by atoms with Crippen LogP contribution in [0.15, 0.2) is 28.9 Å². The van der Waals surface area contributed by atoms with Gasteiger partial charge in [0.15, 0.2) is 5.76 Å². The zero-order valence-electron chi connectivity index (χ0n) is 13.2. The van der Waals surface area contributed by atoms with Crippen LogP contribution in [-0.4, -0.2) is 15.9 Å². The van der Waals surface area contributed by atoms with Crippen LogP contribution in [-0.2, 0) is 0 Å². The summed E-state index contributed by atoms with van der Waals surface area (Å²) in [6, 6.07) is 3.85. The Labute approximate surface area is 128 Å². The number of rotatable bonds is 3. The predicted molar refractivity (Wildman–Crippen MR) is 84.9 cm³/mol. The molecule has 114 valence electrons. The van der Waals surface area contributed by atoms with E-state index in [4.69, 9.17) is 4.42 Å². The van der Waals surface area contributed by atoms with Gasteiger partial charge < -0.3 is 14.7 Å². The van der Waals surface area contributed by atoms with E-state index in [0.717, 1.165) is 33.5 Å². The number of nitrogens with zero attached hydrogens (tertiary/aromatic N) is 1. The summed E-state index contributed by atoms with van der Waals surface area (Å²) in [5.74, 6) is 0.858.